The standard InChI is InChI=1S/C24H29F3N4O2S/c1-30-18(8-9-21(32)28-14-19-3-2-12-34-19)13-29-23(33)22-20(30)10-11-31(22)15-16-4-6-17(7-5-16)24(25,26)27/h2-7,12,18,20,22H,8-11,13-15H2,1H3,(H,28,32)(H,29,33). The molecular weight excluding hydrogens is 465 g/mol. The second kappa shape index (κ2) is 10.5. The van der Waals surface area contributed by atoms with Gasteiger partial charge in [-0.1, -0.05) is 18.2 Å². The van der Waals surface area contributed by atoms with Crippen LogP contribution in [0.1, 0.15) is 35.3 Å². The fourth-order valence-corrected chi connectivity index (χ4v) is 5.49. The molecule has 6 nitrogen and oxygen atoms in total. The van der Waals surface area contributed by atoms with E-state index in [1.54, 1.807) is 11.3 Å². The fourth-order valence-electron chi connectivity index (χ4n) is 4.84. The first-order chi connectivity index (χ1) is 16.2. The van der Waals surface area contributed by atoms with Crippen LogP contribution in [0, 0.1) is 0 Å². The van der Waals surface area contributed by atoms with E-state index in [1.165, 1.54) is 12.1 Å². The molecule has 2 aliphatic heterocycles. The molecule has 3 atom stereocenters. The SMILES string of the molecule is CN1C(CCC(=O)NCc2cccs2)CNC(=O)C2C1CCN2Cc1ccc(C(F)(F)F)cc1. The van der Waals surface area contributed by atoms with Crippen molar-refractivity contribution in [3.8, 4) is 0 Å². The van der Waals surface area contributed by atoms with Crippen molar-refractivity contribution in [3.05, 3.63) is 57.8 Å². The summed E-state index contributed by atoms with van der Waals surface area (Å²) in [5.41, 5.74) is 0.0667. The smallest absolute Gasteiger partial charge is 0.353 e. The maximum Gasteiger partial charge on any atom is 0.416 e. The number of nitrogens with one attached hydrogen (secondary N) is 2. The third kappa shape index (κ3) is 5.79. The minimum Gasteiger partial charge on any atom is -0.353 e. The molecule has 1 aromatic carbocycles. The number of nitrogens with zero attached hydrogens (tertiary/aromatic N) is 2. The number of fused-ring (bicyclic) bond motifs is 1. The first-order valence-corrected chi connectivity index (χ1v) is 12.3. The van der Waals surface area contributed by atoms with E-state index in [0.717, 1.165) is 29.0 Å². The summed E-state index contributed by atoms with van der Waals surface area (Å²) in [4.78, 5) is 30.6. The predicted octanol–water partition coefficient (Wildman–Crippen LogP) is 3.24. The lowest BCUT2D eigenvalue weighted by atomic mass is 10.0. The number of likely N-dealkylation sites (tertiary alicyclic amines) is 1. The Labute approximate surface area is 201 Å². The summed E-state index contributed by atoms with van der Waals surface area (Å²) in [7, 11) is 1.99. The van der Waals surface area contributed by atoms with Crippen LogP contribution < -0.4 is 10.6 Å². The van der Waals surface area contributed by atoms with Gasteiger partial charge in [-0.3, -0.25) is 19.4 Å². The third-order valence-corrected chi connectivity index (χ3v) is 7.64. The summed E-state index contributed by atoms with van der Waals surface area (Å²) in [6.07, 6.45) is -2.56. The summed E-state index contributed by atoms with van der Waals surface area (Å²) < 4.78 is 38.5. The molecular formula is C24H29F3N4O2S. The molecule has 0 aliphatic carbocycles. The van der Waals surface area contributed by atoms with E-state index >= 15 is 0 Å². The number of likely N-dealkylation sites (N-methyl/N-ethyl adjacent to an activating group) is 1. The van der Waals surface area contributed by atoms with E-state index in [1.807, 2.05) is 29.5 Å². The predicted molar refractivity (Wildman–Crippen MR) is 124 cm³/mol. The van der Waals surface area contributed by atoms with Crippen molar-refractivity contribution < 1.29 is 22.8 Å². The lowest BCUT2D eigenvalue weighted by molar-refractivity contribution is -0.137. The molecule has 2 aliphatic rings. The van der Waals surface area contributed by atoms with E-state index in [9.17, 15) is 22.8 Å². The highest BCUT2D eigenvalue weighted by Gasteiger charge is 2.45. The van der Waals surface area contributed by atoms with E-state index in [4.69, 9.17) is 0 Å². The van der Waals surface area contributed by atoms with Crippen LogP contribution in [0.4, 0.5) is 13.2 Å². The molecule has 2 fully saturated rings. The van der Waals surface area contributed by atoms with Crippen molar-refractivity contribution in [2.24, 2.45) is 0 Å². The van der Waals surface area contributed by atoms with Gasteiger partial charge in [-0.05, 0) is 49.0 Å². The topological polar surface area (TPSA) is 64.7 Å². The Morgan fingerprint density at radius 1 is 1.24 bits per heavy atom. The van der Waals surface area contributed by atoms with Crippen molar-refractivity contribution in [3.63, 3.8) is 0 Å². The van der Waals surface area contributed by atoms with E-state index in [0.29, 0.717) is 39.0 Å². The first kappa shape index (κ1) is 24.7. The number of halogens is 3. The van der Waals surface area contributed by atoms with Gasteiger partial charge in [0.05, 0.1) is 12.1 Å². The highest BCUT2D eigenvalue weighted by Crippen LogP contribution is 2.31. The quantitative estimate of drug-likeness (QED) is 0.621. The minimum atomic E-state index is -4.36. The van der Waals surface area contributed by atoms with Crippen LogP contribution in [0.15, 0.2) is 41.8 Å². The Hall–Kier alpha value is -2.43. The van der Waals surface area contributed by atoms with Gasteiger partial charge in [0, 0.05) is 43.0 Å². The molecule has 0 radical (unpaired) electrons. The summed E-state index contributed by atoms with van der Waals surface area (Å²) in [6, 6.07) is 8.73. The van der Waals surface area contributed by atoms with Crippen molar-refractivity contribution in [2.45, 2.75) is 56.7 Å². The first-order valence-electron chi connectivity index (χ1n) is 11.4. The lowest BCUT2D eigenvalue weighted by Crippen LogP contribution is -2.49. The van der Waals surface area contributed by atoms with Crippen molar-refractivity contribution in [1.29, 1.82) is 0 Å². The van der Waals surface area contributed by atoms with Gasteiger partial charge in [0.25, 0.3) is 0 Å². The van der Waals surface area contributed by atoms with Crippen LogP contribution >= 0.6 is 11.3 Å². The van der Waals surface area contributed by atoms with Gasteiger partial charge in [-0.25, -0.2) is 0 Å². The third-order valence-electron chi connectivity index (χ3n) is 6.76. The van der Waals surface area contributed by atoms with Crippen LogP contribution in [-0.4, -0.2) is 59.9 Å². The maximum atomic E-state index is 12.9. The molecule has 2 N–H and O–H groups in total. The largest absolute Gasteiger partial charge is 0.416 e. The molecule has 3 unspecified atom stereocenters. The van der Waals surface area contributed by atoms with Crippen LogP contribution in [0.25, 0.3) is 0 Å². The number of rotatable bonds is 7. The van der Waals surface area contributed by atoms with Crippen LogP contribution in [0.2, 0.25) is 0 Å². The molecule has 2 amide bonds. The van der Waals surface area contributed by atoms with E-state index in [2.05, 4.69) is 15.5 Å². The van der Waals surface area contributed by atoms with Gasteiger partial charge in [-0.15, -0.1) is 11.3 Å². The Balaban J connectivity index is 1.34. The molecule has 0 spiro atoms. The number of benzene rings is 1. The second-order valence-electron chi connectivity index (χ2n) is 8.93. The fraction of sp³-hybridized carbons (Fsp3) is 0.500. The average molecular weight is 495 g/mol. The van der Waals surface area contributed by atoms with Crippen LogP contribution in [0.3, 0.4) is 0 Å². The van der Waals surface area contributed by atoms with Gasteiger partial charge in [0.2, 0.25) is 11.8 Å². The number of carbonyl (C=O) groups excluding carboxylic acids is 2. The zero-order valence-corrected chi connectivity index (χ0v) is 19.8. The monoisotopic (exact) mass is 494 g/mol. The summed E-state index contributed by atoms with van der Waals surface area (Å²) >= 11 is 1.60. The highest BCUT2D eigenvalue weighted by atomic mass is 32.1. The minimum absolute atomic E-state index is 0.00358. The molecule has 2 aromatic rings. The molecule has 3 heterocycles. The van der Waals surface area contributed by atoms with Crippen molar-refractivity contribution >= 4 is 23.2 Å². The van der Waals surface area contributed by atoms with Gasteiger partial charge in [0.15, 0.2) is 0 Å². The molecule has 10 heteroatoms. The van der Waals surface area contributed by atoms with Crippen LogP contribution in [0.5, 0.6) is 0 Å². The average Bonchev–Trinajstić information content (AvgIpc) is 3.44. The molecule has 4 rings (SSSR count). The summed E-state index contributed by atoms with van der Waals surface area (Å²) in [5, 5.41) is 7.94. The zero-order chi connectivity index (χ0) is 24.3. The Morgan fingerprint density at radius 3 is 2.68 bits per heavy atom. The van der Waals surface area contributed by atoms with Crippen molar-refractivity contribution in [2.75, 3.05) is 20.1 Å². The normalized spacial score (nSPS) is 23.9. The number of carbonyl (C=O) groups is 2. The van der Waals surface area contributed by atoms with E-state index in [-0.39, 0.29) is 29.9 Å². The lowest BCUT2D eigenvalue weighted by Gasteiger charge is -2.33. The Morgan fingerprint density at radius 2 is 2.00 bits per heavy atom. The Kier molecular flexibility index (Phi) is 7.59. The van der Waals surface area contributed by atoms with Gasteiger partial charge < -0.3 is 10.6 Å². The molecule has 2 saturated heterocycles. The van der Waals surface area contributed by atoms with Crippen molar-refractivity contribution in [1.82, 2.24) is 20.4 Å². The van der Waals surface area contributed by atoms with Gasteiger partial charge in [0.1, 0.15) is 6.04 Å². The van der Waals surface area contributed by atoms with E-state index < -0.39 is 11.7 Å². The maximum absolute atomic E-state index is 12.9. The number of thiophene rings is 1. The number of alkyl halides is 3. The number of hydrogen-bond donors (Lipinski definition) is 2. The molecule has 184 valence electrons. The number of amides is 2. The molecule has 1 aromatic heterocycles. The Bertz CT molecular complexity index is 981. The van der Waals surface area contributed by atoms with Crippen LogP contribution in [-0.2, 0) is 28.9 Å². The highest BCUT2D eigenvalue weighted by molar-refractivity contribution is 7.09. The van der Waals surface area contributed by atoms with Gasteiger partial charge in [-0.2, -0.15) is 13.2 Å². The summed E-state index contributed by atoms with van der Waals surface area (Å²) in [6.45, 7) is 2.09. The molecule has 0 bridgehead atoms. The summed E-state index contributed by atoms with van der Waals surface area (Å²) in [5.74, 6) is -0.0739. The zero-order valence-electron chi connectivity index (χ0n) is 19.0. The number of hydrogen-bond acceptors (Lipinski definition) is 5. The molecule has 0 saturated carbocycles. The molecule has 34 heavy (non-hydrogen) atoms. The second-order valence-corrected chi connectivity index (χ2v) is 9.96. The van der Waals surface area contributed by atoms with Gasteiger partial charge >= 0.3 is 6.18 Å².